The summed E-state index contributed by atoms with van der Waals surface area (Å²) in [4.78, 5) is 38.1. The first-order valence-electron chi connectivity index (χ1n) is 10.2. The number of benzene rings is 2. The average Bonchev–Trinajstić information content (AvgIpc) is 3.17. The van der Waals surface area contributed by atoms with Crippen LogP contribution < -0.4 is 5.32 Å². The Morgan fingerprint density at radius 1 is 1.16 bits per heavy atom. The van der Waals surface area contributed by atoms with Crippen LogP contribution in [-0.4, -0.2) is 68.9 Å². The number of carbonyl (C=O) groups is 3. The fourth-order valence-corrected chi connectivity index (χ4v) is 3.83. The van der Waals surface area contributed by atoms with E-state index < -0.39 is 48.7 Å². The van der Waals surface area contributed by atoms with Gasteiger partial charge in [-0.2, -0.15) is 0 Å². The minimum Gasteiger partial charge on any atom is -0.508 e. The number of alkyl halides is 1. The van der Waals surface area contributed by atoms with E-state index in [4.69, 9.17) is 0 Å². The van der Waals surface area contributed by atoms with Crippen molar-refractivity contribution < 1.29 is 34.1 Å². The fourth-order valence-electron chi connectivity index (χ4n) is 3.83. The van der Waals surface area contributed by atoms with Crippen molar-refractivity contribution in [3.8, 4) is 5.75 Å². The number of nitrogens with one attached hydrogen (secondary N) is 1. The van der Waals surface area contributed by atoms with E-state index in [1.54, 1.807) is 37.3 Å². The Morgan fingerprint density at radius 2 is 1.84 bits per heavy atom. The van der Waals surface area contributed by atoms with Crippen LogP contribution in [0.15, 0.2) is 48.5 Å². The van der Waals surface area contributed by atoms with Gasteiger partial charge in [0, 0.05) is 17.5 Å². The lowest BCUT2D eigenvalue weighted by Gasteiger charge is -2.29. The van der Waals surface area contributed by atoms with Gasteiger partial charge in [-0.05, 0) is 31.0 Å². The topological polar surface area (TPSA) is 127 Å². The Bertz CT molecular complexity index is 999. The number of amides is 2. The second-order valence-corrected chi connectivity index (χ2v) is 7.84. The molecule has 2 aromatic carbocycles. The molecule has 0 radical (unpaired) electrons. The first-order valence-corrected chi connectivity index (χ1v) is 10.2. The van der Waals surface area contributed by atoms with Crippen molar-refractivity contribution in [1.82, 2.24) is 10.2 Å². The number of phenols is 1. The molecule has 1 heterocycles. The van der Waals surface area contributed by atoms with Gasteiger partial charge in [-0.25, -0.2) is 9.18 Å². The van der Waals surface area contributed by atoms with Crippen molar-refractivity contribution in [2.75, 3.05) is 6.54 Å². The Hall–Kier alpha value is -3.46. The molecule has 0 aliphatic carbocycles. The third-order valence-electron chi connectivity index (χ3n) is 5.62. The average molecular weight is 444 g/mol. The molecule has 4 N–H and O–H groups in total. The number of rotatable bonds is 7. The second-order valence-electron chi connectivity index (χ2n) is 7.84. The van der Waals surface area contributed by atoms with E-state index in [2.05, 4.69) is 5.32 Å². The summed E-state index contributed by atoms with van der Waals surface area (Å²) in [5, 5.41) is 32.7. The van der Waals surface area contributed by atoms with Gasteiger partial charge < -0.3 is 25.5 Å². The van der Waals surface area contributed by atoms with Gasteiger partial charge in [0.15, 0.2) is 6.10 Å². The number of carbonyl (C=O) groups excluding carboxylic acids is 2. The highest BCUT2D eigenvalue weighted by Crippen LogP contribution is 2.23. The Labute approximate surface area is 184 Å². The van der Waals surface area contributed by atoms with E-state index in [-0.39, 0.29) is 24.2 Å². The zero-order valence-corrected chi connectivity index (χ0v) is 17.4. The molecular weight excluding hydrogens is 419 g/mol. The molecule has 1 saturated heterocycles. The highest BCUT2D eigenvalue weighted by molar-refractivity contribution is 5.97. The highest BCUT2D eigenvalue weighted by Gasteiger charge is 2.43. The van der Waals surface area contributed by atoms with Gasteiger partial charge in [-0.1, -0.05) is 36.4 Å². The molecule has 1 aliphatic rings. The number of aliphatic hydroxyl groups excluding tert-OH is 1. The SMILES string of the molecule is Cc1c(O)cccc1C(=O)N[C@@H](Cc1ccccc1)[C@H](O)C(=O)N1C[C@H](F)C[C@H]1C(=O)O. The minimum absolute atomic E-state index is 0.0714. The lowest BCUT2D eigenvalue weighted by molar-refractivity contribution is -0.152. The molecule has 2 amide bonds. The standard InChI is InChI=1S/C23H25FN2O6/c1-13-16(8-5-9-19(13)27)21(29)25-17(10-14-6-3-2-4-7-14)20(28)22(30)26-12-15(24)11-18(26)23(31)32/h2-9,15,17-18,20,27-28H,10-12H2,1H3,(H,25,29)(H,31,32)/t15-,17+,18+,20+/m1/s1. The van der Waals surface area contributed by atoms with E-state index in [9.17, 15) is 34.1 Å². The summed E-state index contributed by atoms with van der Waals surface area (Å²) in [6.07, 6.45) is -3.60. The van der Waals surface area contributed by atoms with Crippen molar-refractivity contribution in [3.05, 3.63) is 65.2 Å². The zero-order valence-electron chi connectivity index (χ0n) is 17.4. The summed E-state index contributed by atoms with van der Waals surface area (Å²) < 4.78 is 13.8. The molecule has 32 heavy (non-hydrogen) atoms. The van der Waals surface area contributed by atoms with Gasteiger partial charge in [0.05, 0.1) is 12.6 Å². The summed E-state index contributed by atoms with van der Waals surface area (Å²) in [6, 6.07) is 10.7. The van der Waals surface area contributed by atoms with Crippen molar-refractivity contribution >= 4 is 17.8 Å². The summed E-state index contributed by atoms with van der Waals surface area (Å²) in [5.74, 6) is -3.02. The van der Waals surface area contributed by atoms with Crippen LogP contribution in [0.3, 0.4) is 0 Å². The Kier molecular flexibility index (Phi) is 7.09. The van der Waals surface area contributed by atoms with E-state index in [0.29, 0.717) is 5.56 Å². The Morgan fingerprint density at radius 3 is 2.50 bits per heavy atom. The maximum Gasteiger partial charge on any atom is 0.326 e. The molecule has 1 aliphatic heterocycles. The molecule has 0 spiro atoms. The lowest BCUT2D eigenvalue weighted by atomic mass is 9.98. The van der Waals surface area contributed by atoms with Crippen molar-refractivity contribution in [3.63, 3.8) is 0 Å². The molecule has 0 unspecified atom stereocenters. The number of carboxylic acids is 1. The monoisotopic (exact) mass is 444 g/mol. The van der Waals surface area contributed by atoms with Gasteiger partial charge in [0.25, 0.3) is 11.8 Å². The van der Waals surface area contributed by atoms with E-state index in [1.165, 1.54) is 18.2 Å². The van der Waals surface area contributed by atoms with Gasteiger partial charge in [0.1, 0.15) is 18.0 Å². The van der Waals surface area contributed by atoms with Crippen LogP contribution in [0.1, 0.15) is 27.9 Å². The molecule has 4 atom stereocenters. The normalized spacial score (nSPS) is 19.9. The van der Waals surface area contributed by atoms with Crippen LogP contribution in [0.25, 0.3) is 0 Å². The number of halogens is 1. The van der Waals surface area contributed by atoms with Crippen molar-refractivity contribution in [2.45, 2.75) is 44.1 Å². The molecule has 8 nitrogen and oxygen atoms in total. The van der Waals surface area contributed by atoms with Gasteiger partial charge in [0.2, 0.25) is 0 Å². The van der Waals surface area contributed by atoms with Crippen LogP contribution in [0.2, 0.25) is 0 Å². The number of aliphatic hydroxyl groups is 1. The van der Waals surface area contributed by atoms with Crippen LogP contribution >= 0.6 is 0 Å². The third kappa shape index (κ3) is 5.05. The number of aliphatic carboxylic acids is 1. The number of aromatic hydroxyl groups is 1. The summed E-state index contributed by atoms with van der Waals surface area (Å²) in [6.45, 7) is 1.12. The smallest absolute Gasteiger partial charge is 0.326 e. The van der Waals surface area contributed by atoms with Gasteiger partial charge in [-0.15, -0.1) is 0 Å². The first-order chi connectivity index (χ1) is 15.2. The van der Waals surface area contributed by atoms with Gasteiger partial charge >= 0.3 is 5.97 Å². The number of phenolic OH excluding ortho intramolecular Hbond substituents is 1. The number of nitrogens with zero attached hydrogens (tertiary/aromatic N) is 1. The minimum atomic E-state index is -1.80. The number of likely N-dealkylation sites (tertiary alicyclic amines) is 1. The third-order valence-corrected chi connectivity index (χ3v) is 5.62. The number of carboxylic acid groups (broad SMARTS) is 1. The molecule has 9 heteroatoms. The van der Waals surface area contributed by atoms with Crippen LogP contribution in [0, 0.1) is 6.92 Å². The quantitative estimate of drug-likeness (QED) is 0.512. The van der Waals surface area contributed by atoms with E-state index in [1.807, 2.05) is 0 Å². The van der Waals surface area contributed by atoms with Crippen molar-refractivity contribution in [2.24, 2.45) is 0 Å². The zero-order chi connectivity index (χ0) is 23.4. The fraction of sp³-hybridized carbons (Fsp3) is 0.348. The molecular formula is C23H25FN2O6. The molecule has 0 bridgehead atoms. The van der Waals surface area contributed by atoms with Crippen molar-refractivity contribution in [1.29, 1.82) is 0 Å². The molecule has 3 rings (SSSR count). The van der Waals surface area contributed by atoms with Crippen LogP contribution in [-0.2, 0) is 16.0 Å². The lowest BCUT2D eigenvalue weighted by Crippen LogP contribution is -2.54. The summed E-state index contributed by atoms with van der Waals surface area (Å²) in [5.41, 5.74) is 1.21. The molecule has 1 fully saturated rings. The maximum absolute atomic E-state index is 13.8. The maximum atomic E-state index is 13.8. The molecule has 0 saturated carbocycles. The molecule has 0 aromatic heterocycles. The summed E-state index contributed by atoms with van der Waals surface area (Å²) >= 11 is 0. The van der Waals surface area contributed by atoms with Crippen LogP contribution in [0.5, 0.6) is 5.75 Å². The Balaban J connectivity index is 1.86. The van der Waals surface area contributed by atoms with Gasteiger partial charge in [-0.3, -0.25) is 9.59 Å². The predicted octanol–water partition coefficient (Wildman–Crippen LogP) is 1.43. The van der Waals surface area contributed by atoms with E-state index in [0.717, 1.165) is 10.5 Å². The number of hydrogen-bond acceptors (Lipinski definition) is 5. The first kappa shape index (κ1) is 23.2. The second kappa shape index (κ2) is 9.78. The van der Waals surface area contributed by atoms with Crippen LogP contribution in [0.4, 0.5) is 4.39 Å². The largest absolute Gasteiger partial charge is 0.508 e. The predicted molar refractivity (Wildman–Crippen MR) is 113 cm³/mol. The number of hydrogen-bond donors (Lipinski definition) is 4. The molecule has 2 aromatic rings. The molecule has 170 valence electrons. The van der Waals surface area contributed by atoms with E-state index >= 15 is 0 Å². The highest BCUT2D eigenvalue weighted by atomic mass is 19.1. The summed E-state index contributed by atoms with van der Waals surface area (Å²) in [7, 11) is 0.